The van der Waals surface area contributed by atoms with E-state index in [-0.39, 0.29) is 12.3 Å². The van der Waals surface area contributed by atoms with Crippen molar-refractivity contribution in [3.8, 4) is 0 Å². The Bertz CT molecular complexity index is 638. The van der Waals surface area contributed by atoms with Gasteiger partial charge in [0.2, 0.25) is 5.91 Å². The van der Waals surface area contributed by atoms with Crippen molar-refractivity contribution >= 4 is 23.2 Å². The molecule has 0 aromatic heterocycles. The van der Waals surface area contributed by atoms with Crippen LogP contribution in [0.1, 0.15) is 39.0 Å². The van der Waals surface area contributed by atoms with E-state index in [0.717, 1.165) is 18.5 Å². The SMILES string of the molecule is CCN(C(=O)C1=NN(c2ccccc2)C(C(N)=O)C1)C1CCCC1. The van der Waals surface area contributed by atoms with Crippen molar-refractivity contribution in [3.05, 3.63) is 30.3 Å². The molecule has 1 heterocycles. The van der Waals surface area contributed by atoms with E-state index in [1.807, 2.05) is 42.2 Å². The highest BCUT2D eigenvalue weighted by Crippen LogP contribution is 2.27. The van der Waals surface area contributed by atoms with Gasteiger partial charge < -0.3 is 10.6 Å². The number of hydrogen-bond donors (Lipinski definition) is 1. The number of hydrogen-bond acceptors (Lipinski definition) is 4. The lowest BCUT2D eigenvalue weighted by Crippen LogP contribution is -2.43. The summed E-state index contributed by atoms with van der Waals surface area (Å²) in [6, 6.07) is 9.06. The largest absolute Gasteiger partial charge is 0.368 e. The van der Waals surface area contributed by atoms with Gasteiger partial charge in [-0.05, 0) is 31.9 Å². The van der Waals surface area contributed by atoms with Crippen molar-refractivity contribution in [1.29, 1.82) is 0 Å². The minimum atomic E-state index is -0.603. The van der Waals surface area contributed by atoms with Crippen molar-refractivity contribution in [2.75, 3.05) is 11.6 Å². The second-order valence-corrected chi connectivity index (χ2v) is 6.38. The Balaban J connectivity index is 1.84. The van der Waals surface area contributed by atoms with E-state index in [9.17, 15) is 9.59 Å². The number of nitrogens with two attached hydrogens (primary N) is 1. The van der Waals surface area contributed by atoms with E-state index in [2.05, 4.69) is 5.10 Å². The maximum Gasteiger partial charge on any atom is 0.270 e. The molecule has 0 saturated heterocycles. The molecule has 1 aliphatic carbocycles. The molecule has 6 nitrogen and oxygen atoms in total. The highest BCUT2D eigenvalue weighted by molar-refractivity contribution is 6.40. The van der Waals surface area contributed by atoms with Crippen molar-refractivity contribution in [1.82, 2.24) is 4.90 Å². The first-order chi connectivity index (χ1) is 11.6. The smallest absolute Gasteiger partial charge is 0.270 e. The van der Waals surface area contributed by atoms with Crippen molar-refractivity contribution in [2.24, 2.45) is 10.8 Å². The number of primary amides is 1. The zero-order chi connectivity index (χ0) is 17.1. The number of carbonyl (C=O) groups is 2. The van der Waals surface area contributed by atoms with Gasteiger partial charge in [-0.15, -0.1) is 0 Å². The summed E-state index contributed by atoms with van der Waals surface area (Å²) in [5.41, 5.74) is 6.74. The topological polar surface area (TPSA) is 79.0 Å². The molecule has 0 spiro atoms. The van der Waals surface area contributed by atoms with Crippen LogP contribution in [-0.2, 0) is 9.59 Å². The summed E-state index contributed by atoms with van der Waals surface area (Å²) in [4.78, 5) is 26.7. The van der Waals surface area contributed by atoms with Gasteiger partial charge in [-0.3, -0.25) is 14.6 Å². The summed E-state index contributed by atoms with van der Waals surface area (Å²) in [7, 11) is 0. The zero-order valence-corrected chi connectivity index (χ0v) is 14.0. The van der Waals surface area contributed by atoms with Crippen LogP contribution < -0.4 is 10.7 Å². The molecule has 1 aromatic carbocycles. The van der Waals surface area contributed by atoms with E-state index in [1.54, 1.807) is 5.01 Å². The first-order valence-corrected chi connectivity index (χ1v) is 8.64. The first kappa shape index (κ1) is 16.5. The quantitative estimate of drug-likeness (QED) is 0.896. The lowest BCUT2D eigenvalue weighted by molar-refractivity contribution is -0.126. The molecule has 3 rings (SSSR count). The number of hydrazone groups is 1. The van der Waals surface area contributed by atoms with Gasteiger partial charge in [0.25, 0.3) is 5.91 Å². The lowest BCUT2D eigenvalue weighted by Gasteiger charge is -2.27. The molecule has 1 fully saturated rings. The second-order valence-electron chi connectivity index (χ2n) is 6.38. The normalized spacial score (nSPS) is 21.0. The van der Waals surface area contributed by atoms with Gasteiger partial charge in [-0.1, -0.05) is 31.0 Å². The lowest BCUT2D eigenvalue weighted by atomic mass is 10.1. The summed E-state index contributed by atoms with van der Waals surface area (Å²) in [5, 5.41) is 6.04. The van der Waals surface area contributed by atoms with Gasteiger partial charge in [0.05, 0.1) is 5.69 Å². The summed E-state index contributed by atoms with van der Waals surface area (Å²) in [5.74, 6) is -0.525. The molecule has 1 atom stereocenters. The second kappa shape index (κ2) is 7.03. The van der Waals surface area contributed by atoms with E-state index in [1.165, 1.54) is 12.8 Å². The third kappa shape index (κ3) is 3.13. The van der Waals surface area contributed by atoms with Crippen LogP contribution in [0.25, 0.3) is 0 Å². The van der Waals surface area contributed by atoms with E-state index < -0.39 is 11.9 Å². The Morgan fingerprint density at radius 2 is 1.92 bits per heavy atom. The Labute approximate surface area is 142 Å². The molecule has 1 aromatic rings. The van der Waals surface area contributed by atoms with Crippen LogP contribution in [0, 0.1) is 0 Å². The number of rotatable bonds is 5. The number of benzene rings is 1. The molecule has 1 aliphatic heterocycles. The van der Waals surface area contributed by atoms with Crippen LogP contribution in [0.4, 0.5) is 5.69 Å². The fourth-order valence-corrected chi connectivity index (χ4v) is 3.63. The van der Waals surface area contributed by atoms with E-state index in [4.69, 9.17) is 5.73 Å². The Morgan fingerprint density at radius 1 is 1.25 bits per heavy atom. The third-order valence-corrected chi connectivity index (χ3v) is 4.87. The Hall–Kier alpha value is -2.37. The Kier molecular flexibility index (Phi) is 4.83. The summed E-state index contributed by atoms with van der Waals surface area (Å²) < 4.78 is 0. The van der Waals surface area contributed by atoms with Crippen molar-refractivity contribution in [3.63, 3.8) is 0 Å². The molecule has 2 amide bonds. The predicted octanol–water partition coefficient (Wildman–Crippen LogP) is 1.90. The molecular formula is C18H24N4O2. The predicted molar refractivity (Wildman–Crippen MR) is 93.6 cm³/mol. The average Bonchev–Trinajstić information content (AvgIpc) is 3.26. The highest BCUT2D eigenvalue weighted by atomic mass is 16.2. The average molecular weight is 328 g/mol. The molecule has 6 heteroatoms. The van der Waals surface area contributed by atoms with Gasteiger partial charge in [-0.25, -0.2) is 0 Å². The van der Waals surface area contributed by atoms with Crippen LogP contribution in [0.2, 0.25) is 0 Å². The van der Waals surface area contributed by atoms with E-state index in [0.29, 0.717) is 18.3 Å². The standard InChI is InChI=1S/C18H24N4O2/c1-2-21(13-8-6-7-9-13)18(24)15-12-16(17(19)23)22(20-15)14-10-4-3-5-11-14/h3-5,10-11,13,16H,2,6-9,12H2,1H3,(H2,19,23). The van der Waals surface area contributed by atoms with E-state index >= 15 is 0 Å². The summed E-state index contributed by atoms with van der Waals surface area (Å²) in [6.45, 7) is 2.65. The molecule has 128 valence electrons. The number of nitrogens with zero attached hydrogens (tertiary/aromatic N) is 3. The maximum atomic E-state index is 12.9. The van der Waals surface area contributed by atoms with Crippen LogP contribution in [0.3, 0.4) is 0 Å². The van der Waals surface area contributed by atoms with Gasteiger partial charge >= 0.3 is 0 Å². The van der Waals surface area contributed by atoms with Crippen LogP contribution in [0.15, 0.2) is 35.4 Å². The molecule has 24 heavy (non-hydrogen) atoms. The number of para-hydroxylation sites is 1. The number of amides is 2. The van der Waals surface area contributed by atoms with Gasteiger partial charge in [0.15, 0.2) is 0 Å². The fourth-order valence-electron chi connectivity index (χ4n) is 3.63. The number of anilines is 1. The molecule has 2 aliphatic rings. The molecule has 0 bridgehead atoms. The molecule has 1 unspecified atom stereocenters. The zero-order valence-electron chi connectivity index (χ0n) is 14.0. The Morgan fingerprint density at radius 3 is 2.50 bits per heavy atom. The van der Waals surface area contributed by atoms with Crippen molar-refractivity contribution in [2.45, 2.75) is 51.1 Å². The van der Waals surface area contributed by atoms with Crippen LogP contribution in [-0.4, -0.2) is 41.1 Å². The van der Waals surface area contributed by atoms with Crippen LogP contribution in [0.5, 0.6) is 0 Å². The van der Waals surface area contributed by atoms with Gasteiger partial charge in [-0.2, -0.15) is 5.10 Å². The molecular weight excluding hydrogens is 304 g/mol. The molecule has 1 saturated carbocycles. The van der Waals surface area contributed by atoms with Gasteiger partial charge in [0.1, 0.15) is 11.8 Å². The fraction of sp³-hybridized carbons (Fsp3) is 0.500. The molecule has 0 radical (unpaired) electrons. The number of carbonyl (C=O) groups excluding carboxylic acids is 2. The summed E-state index contributed by atoms with van der Waals surface area (Å²) >= 11 is 0. The minimum absolute atomic E-state index is 0.0610. The third-order valence-electron chi connectivity index (χ3n) is 4.87. The van der Waals surface area contributed by atoms with Crippen molar-refractivity contribution < 1.29 is 9.59 Å². The highest BCUT2D eigenvalue weighted by Gasteiger charge is 2.37. The molecule has 2 N–H and O–H groups in total. The summed E-state index contributed by atoms with van der Waals surface area (Å²) in [6.07, 6.45) is 4.71. The first-order valence-electron chi connectivity index (χ1n) is 8.64. The van der Waals surface area contributed by atoms with Gasteiger partial charge in [0, 0.05) is 19.0 Å². The maximum absolute atomic E-state index is 12.9. The minimum Gasteiger partial charge on any atom is -0.368 e. The van der Waals surface area contributed by atoms with Crippen LogP contribution >= 0.6 is 0 Å². The monoisotopic (exact) mass is 328 g/mol.